The molecular weight excluding hydrogens is 438 g/mol. The van der Waals surface area contributed by atoms with Crippen molar-refractivity contribution >= 4 is 20.9 Å². The van der Waals surface area contributed by atoms with E-state index >= 15 is 0 Å². The first-order valence-electron chi connectivity index (χ1n) is 10.1. The first-order valence-corrected chi connectivity index (χ1v) is 11.6. The molecule has 1 aliphatic rings. The van der Waals surface area contributed by atoms with E-state index in [4.69, 9.17) is 4.74 Å². The molecule has 1 aromatic carbocycles. The molecular formula is C22H22F2N4O3S. The fraction of sp³-hybridized carbons (Fsp3) is 0.364. The Morgan fingerprint density at radius 1 is 1.28 bits per heavy atom. The minimum atomic E-state index is -4.13. The Hall–Kier alpha value is -3.03. The van der Waals surface area contributed by atoms with Crippen LogP contribution in [0.25, 0.3) is 22.3 Å². The zero-order chi connectivity index (χ0) is 22.9. The Labute approximate surface area is 184 Å². The maximum absolute atomic E-state index is 12.8. The Balaban J connectivity index is 1.80. The zero-order valence-electron chi connectivity index (χ0n) is 17.4. The second-order valence-electron chi connectivity index (χ2n) is 7.78. The third kappa shape index (κ3) is 4.18. The molecule has 2 aromatic heterocycles. The summed E-state index contributed by atoms with van der Waals surface area (Å²) in [5.74, 6) is 1.17. The van der Waals surface area contributed by atoms with Crippen LogP contribution in [0, 0.1) is 17.2 Å². The monoisotopic (exact) mass is 460 g/mol. The molecule has 4 rings (SSSR count). The molecule has 0 saturated heterocycles. The van der Waals surface area contributed by atoms with E-state index in [0.29, 0.717) is 35.2 Å². The number of hydrogen-bond acceptors (Lipinski definition) is 5. The molecule has 0 radical (unpaired) electrons. The fourth-order valence-corrected chi connectivity index (χ4v) is 4.79. The van der Waals surface area contributed by atoms with Crippen LogP contribution in [0.5, 0.6) is 5.75 Å². The summed E-state index contributed by atoms with van der Waals surface area (Å²) < 4.78 is 59.7. The maximum atomic E-state index is 12.8. The molecule has 0 atom stereocenters. The van der Waals surface area contributed by atoms with E-state index in [1.54, 1.807) is 13.2 Å². The maximum Gasteiger partial charge on any atom is 0.242 e. The van der Waals surface area contributed by atoms with Crippen molar-refractivity contribution in [3.63, 3.8) is 0 Å². The lowest BCUT2D eigenvalue weighted by molar-refractivity contribution is 0.334. The van der Waals surface area contributed by atoms with Crippen molar-refractivity contribution in [2.75, 3.05) is 20.5 Å². The molecule has 1 N–H and O–H groups in total. The number of benzene rings is 1. The molecule has 0 amide bonds. The van der Waals surface area contributed by atoms with Crippen LogP contribution < -0.4 is 9.46 Å². The summed E-state index contributed by atoms with van der Waals surface area (Å²) in [5, 5.41) is 10.7. The van der Waals surface area contributed by atoms with Crippen LogP contribution in [0.1, 0.15) is 18.4 Å². The minimum Gasteiger partial charge on any atom is -0.497 e. The molecule has 0 aliphatic heterocycles. The van der Waals surface area contributed by atoms with Crippen molar-refractivity contribution in [1.29, 1.82) is 5.26 Å². The van der Waals surface area contributed by atoms with Crippen molar-refractivity contribution in [3.05, 3.63) is 42.1 Å². The lowest BCUT2D eigenvalue weighted by atomic mass is 10.1. The minimum absolute atomic E-state index is 0.210. The van der Waals surface area contributed by atoms with Gasteiger partial charge >= 0.3 is 0 Å². The molecule has 1 aliphatic carbocycles. The lowest BCUT2D eigenvalue weighted by Crippen LogP contribution is -2.37. The van der Waals surface area contributed by atoms with E-state index in [-0.39, 0.29) is 4.90 Å². The molecule has 7 nitrogen and oxygen atoms in total. The average molecular weight is 461 g/mol. The molecule has 0 bridgehead atoms. The van der Waals surface area contributed by atoms with Gasteiger partial charge in [-0.05, 0) is 43.0 Å². The van der Waals surface area contributed by atoms with E-state index in [1.165, 1.54) is 12.1 Å². The third-order valence-corrected chi connectivity index (χ3v) is 7.01. The number of nitriles is 1. The van der Waals surface area contributed by atoms with Crippen LogP contribution in [0.15, 0.2) is 41.4 Å². The summed E-state index contributed by atoms with van der Waals surface area (Å²) in [5.41, 5.74) is 2.32. The van der Waals surface area contributed by atoms with Crippen molar-refractivity contribution in [2.24, 2.45) is 5.92 Å². The number of ether oxygens (including phenoxy) is 1. The standard InChI is InChI=1S/C22H22F2N4O3S/c1-31-16-4-6-18-19(11-25)22(28(21(18)8-16)13-14-2-3-14)20-7-5-17(12-26-20)32(29,30)27-15(9-23)10-24/h4-8,12,14-15,27H,2-3,9-10,13H2,1H3. The summed E-state index contributed by atoms with van der Waals surface area (Å²) in [6, 6.07) is 9.13. The Morgan fingerprint density at radius 2 is 2.03 bits per heavy atom. The predicted octanol–water partition coefficient (Wildman–Crippen LogP) is 3.58. The lowest BCUT2D eigenvalue weighted by Gasteiger charge is -2.13. The highest BCUT2D eigenvalue weighted by atomic mass is 32.2. The van der Waals surface area contributed by atoms with Gasteiger partial charge < -0.3 is 9.30 Å². The van der Waals surface area contributed by atoms with E-state index in [1.807, 2.05) is 21.4 Å². The number of pyridine rings is 1. The summed E-state index contributed by atoms with van der Waals surface area (Å²) in [7, 11) is -2.56. The van der Waals surface area contributed by atoms with Gasteiger partial charge in [0.25, 0.3) is 0 Å². The molecule has 3 aromatic rings. The predicted molar refractivity (Wildman–Crippen MR) is 115 cm³/mol. The van der Waals surface area contributed by atoms with Crippen molar-refractivity contribution in [1.82, 2.24) is 14.3 Å². The number of rotatable bonds is 9. The molecule has 0 unspecified atom stereocenters. The molecule has 32 heavy (non-hydrogen) atoms. The van der Waals surface area contributed by atoms with Gasteiger partial charge in [-0.25, -0.2) is 21.9 Å². The Morgan fingerprint density at radius 3 is 2.59 bits per heavy atom. The first kappa shape index (κ1) is 22.2. The highest BCUT2D eigenvalue weighted by molar-refractivity contribution is 7.89. The zero-order valence-corrected chi connectivity index (χ0v) is 18.2. The van der Waals surface area contributed by atoms with Gasteiger partial charge in [-0.3, -0.25) is 4.98 Å². The average Bonchev–Trinajstić information content (AvgIpc) is 3.58. The summed E-state index contributed by atoms with van der Waals surface area (Å²) in [6.45, 7) is -1.60. The number of hydrogen-bond donors (Lipinski definition) is 1. The van der Waals surface area contributed by atoms with Crippen molar-refractivity contribution in [3.8, 4) is 23.2 Å². The second-order valence-corrected chi connectivity index (χ2v) is 9.49. The number of sulfonamides is 1. The van der Waals surface area contributed by atoms with Crippen molar-refractivity contribution in [2.45, 2.75) is 30.3 Å². The van der Waals surface area contributed by atoms with Gasteiger partial charge in [0, 0.05) is 24.2 Å². The first-order chi connectivity index (χ1) is 15.4. The summed E-state index contributed by atoms with van der Waals surface area (Å²) >= 11 is 0. The van der Waals surface area contributed by atoms with Crippen LogP contribution in [0.4, 0.5) is 8.78 Å². The van der Waals surface area contributed by atoms with Crippen LogP contribution in [0.2, 0.25) is 0 Å². The number of aromatic nitrogens is 2. The highest BCUT2D eigenvalue weighted by Gasteiger charge is 2.28. The van der Waals surface area contributed by atoms with Gasteiger partial charge in [0.05, 0.1) is 35.6 Å². The largest absolute Gasteiger partial charge is 0.497 e. The van der Waals surface area contributed by atoms with Crippen LogP contribution in [0.3, 0.4) is 0 Å². The van der Waals surface area contributed by atoms with Gasteiger partial charge in [0.15, 0.2) is 0 Å². The van der Waals surface area contributed by atoms with Gasteiger partial charge in [0.2, 0.25) is 10.0 Å². The van der Waals surface area contributed by atoms with E-state index in [9.17, 15) is 22.5 Å². The van der Waals surface area contributed by atoms with Crippen LogP contribution in [-0.4, -0.2) is 44.5 Å². The van der Waals surface area contributed by atoms with Crippen molar-refractivity contribution < 1.29 is 21.9 Å². The summed E-state index contributed by atoms with van der Waals surface area (Å²) in [4.78, 5) is 4.09. The van der Waals surface area contributed by atoms with E-state index in [0.717, 1.165) is 29.9 Å². The summed E-state index contributed by atoms with van der Waals surface area (Å²) in [6.07, 6.45) is 3.34. The molecule has 0 spiro atoms. The topological polar surface area (TPSA) is 97.0 Å². The fourth-order valence-electron chi connectivity index (χ4n) is 3.65. The number of nitrogens with zero attached hydrogens (tertiary/aromatic N) is 3. The van der Waals surface area contributed by atoms with Crippen LogP contribution >= 0.6 is 0 Å². The van der Waals surface area contributed by atoms with Gasteiger partial charge in [-0.15, -0.1) is 0 Å². The van der Waals surface area contributed by atoms with E-state index in [2.05, 4.69) is 11.1 Å². The van der Waals surface area contributed by atoms with Gasteiger partial charge in [-0.2, -0.15) is 5.26 Å². The van der Waals surface area contributed by atoms with Gasteiger partial charge in [0.1, 0.15) is 30.1 Å². The van der Waals surface area contributed by atoms with Gasteiger partial charge in [-0.1, -0.05) is 0 Å². The number of nitrogens with one attached hydrogen (secondary N) is 1. The molecule has 168 valence electrons. The Kier molecular flexibility index (Phi) is 6.13. The smallest absolute Gasteiger partial charge is 0.242 e. The molecule has 1 fully saturated rings. The second kappa shape index (κ2) is 8.84. The molecule has 2 heterocycles. The molecule has 10 heteroatoms. The Bertz CT molecular complexity index is 1280. The normalized spacial score (nSPS) is 14.1. The molecule has 1 saturated carbocycles. The number of methoxy groups -OCH3 is 1. The SMILES string of the molecule is COc1ccc2c(C#N)c(-c3ccc(S(=O)(=O)NC(CF)CF)cn3)n(CC3CC3)c2c1. The number of halogens is 2. The van der Waals surface area contributed by atoms with E-state index < -0.39 is 29.4 Å². The third-order valence-electron chi connectivity index (χ3n) is 5.50. The number of fused-ring (bicyclic) bond motifs is 1. The highest BCUT2D eigenvalue weighted by Crippen LogP contribution is 2.39. The van der Waals surface area contributed by atoms with Crippen LogP contribution in [-0.2, 0) is 16.6 Å². The quantitative estimate of drug-likeness (QED) is 0.527. The number of alkyl halides is 2.